The molecule has 1 aromatic carbocycles. The lowest BCUT2D eigenvalue weighted by Gasteiger charge is -2.25. The Labute approximate surface area is 306 Å². The molecule has 1 aliphatic rings. The third kappa shape index (κ3) is 13.9. The van der Waals surface area contributed by atoms with Crippen LogP contribution in [0.4, 0.5) is 10.1 Å². The van der Waals surface area contributed by atoms with Crippen molar-refractivity contribution >= 4 is 41.3 Å². The van der Waals surface area contributed by atoms with Gasteiger partial charge in [0, 0.05) is 23.8 Å². The number of aliphatic hydroxyl groups is 1. The molecule has 1 atom stereocenters. The smallest absolute Gasteiger partial charge is 0.338 e. The highest BCUT2D eigenvalue weighted by Crippen LogP contribution is 2.29. The number of hydrogen-bond donors (Lipinski definition) is 3. The third-order valence-electron chi connectivity index (χ3n) is 6.79. The van der Waals surface area contributed by atoms with Gasteiger partial charge >= 0.3 is 11.9 Å². The number of carboxylic acids is 1. The number of aliphatic carboxylic acids is 1. The van der Waals surface area contributed by atoms with Gasteiger partial charge in [0.15, 0.2) is 0 Å². The highest BCUT2D eigenvalue weighted by atomic mass is 35.5. The fourth-order valence-electron chi connectivity index (χ4n) is 4.55. The number of rotatable bonds is 14. The summed E-state index contributed by atoms with van der Waals surface area (Å²) in [4.78, 5) is 38.2. The summed E-state index contributed by atoms with van der Waals surface area (Å²) in [5.41, 5.74) is 5.42. The number of carbonyl (C=O) groups is 3. The van der Waals surface area contributed by atoms with Crippen LogP contribution in [-0.2, 0) is 14.3 Å². The summed E-state index contributed by atoms with van der Waals surface area (Å²) < 4.78 is 18.5. The van der Waals surface area contributed by atoms with Crippen molar-refractivity contribution < 1.29 is 33.7 Å². The molecule has 1 aliphatic carbocycles. The molecule has 1 amide bonds. The van der Waals surface area contributed by atoms with Crippen molar-refractivity contribution in [3.05, 3.63) is 136 Å². The van der Waals surface area contributed by atoms with Gasteiger partial charge in [0.2, 0.25) is 5.91 Å². The summed E-state index contributed by atoms with van der Waals surface area (Å²) in [6.45, 7) is 21.9. The standard InChI is InChI=1S/C36H39ClFN3O6.2C2H6/c1-8-11-22(4)18-29(10-3)41(24(6)42)33-19-26(36(46)47-7)12-13-27(33)21-39-40-32-20-28(37)15-17-31(34(32)43)25(9-2)14-16-30(23(5)38)35(44)45;2*1-2/h9-13,15-21,28,40,43H,3,5,8,14H2,1-2,4,6-7H3,(H,44,45);2*1-2H3/b22-11-,25-9+,29-18+,30-16+,39-21+;;. The summed E-state index contributed by atoms with van der Waals surface area (Å²) in [5.74, 6) is -3.76. The van der Waals surface area contributed by atoms with Crippen LogP contribution in [0.15, 0.2) is 130 Å². The van der Waals surface area contributed by atoms with E-state index in [4.69, 9.17) is 16.3 Å². The number of ether oxygens (including phenoxy) is 1. The predicted molar refractivity (Wildman–Crippen MR) is 208 cm³/mol. The molecule has 9 nitrogen and oxygen atoms in total. The van der Waals surface area contributed by atoms with Gasteiger partial charge in [-0.25, -0.2) is 14.0 Å². The van der Waals surface area contributed by atoms with Gasteiger partial charge in [-0.1, -0.05) is 89.8 Å². The number of halogens is 2. The molecule has 11 heteroatoms. The third-order valence-corrected chi connectivity index (χ3v) is 7.06. The number of amides is 1. The van der Waals surface area contributed by atoms with Gasteiger partial charge in [-0.15, -0.1) is 11.6 Å². The van der Waals surface area contributed by atoms with Gasteiger partial charge in [0.05, 0.1) is 41.2 Å². The fourth-order valence-corrected chi connectivity index (χ4v) is 4.75. The average molecular weight is 724 g/mol. The molecule has 2 rings (SSSR count). The molecule has 0 radical (unpaired) electrons. The SMILES string of the molecule is C=C/C(=C\C(C)=C/CC)N(C(C)=O)c1cc(C(=O)OC)ccc1/C=N/NC1=CC(Cl)C=CC(/C(=C/C)C/C=C(\C(=C)F)C(=O)O)=C1O.CC.CC. The van der Waals surface area contributed by atoms with Crippen LogP contribution in [0.3, 0.4) is 0 Å². The van der Waals surface area contributed by atoms with Crippen molar-refractivity contribution in [3.63, 3.8) is 0 Å². The maximum absolute atomic E-state index is 13.7. The van der Waals surface area contributed by atoms with Gasteiger partial charge in [-0.05, 0) is 62.6 Å². The van der Waals surface area contributed by atoms with Crippen molar-refractivity contribution in [3.8, 4) is 0 Å². The normalized spacial score (nSPS) is 15.0. The summed E-state index contributed by atoms with van der Waals surface area (Å²) in [5, 5.41) is 24.2. The molecular formula is C40H51ClFN3O6. The van der Waals surface area contributed by atoms with Crippen molar-refractivity contribution in [2.75, 3.05) is 12.0 Å². The number of carboxylic acid groups (broad SMARTS) is 1. The molecule has 0 heterocycles. The monoisotopic (exact) mass is 723 g/mol. The number of esters is 1. The number of benzene rings is 1. The molecule has 51 heavy (non-hydrogen) atoms. The van der Waals surface area contributed by atoms with E-state index in [0.29, 0.717) is 28.1 Å². The van der Waals surface area contributed by atoms with Gasteiger partial charge < -0.3 is 14.9 Å². The number of alkyl halides is 1. The van der Waals surface area contributed by atoms with Crippen LogP contribution in [-0.4, -0.2) is 46.8 Å². The first kappa shape index (κ1) is 45.8. The number of hydrogen-bond acceptors (Lipinski definition) is 7. The topological polar surface area (TPSA) is 129 Å². The minimum absolute atomic E-state index is 0.0306. The molecule has 0 aromatic heterocycles. The zero-order chi connectivity index (χ0) is 39.3. The van der Waals surface area contributed by atoms with E-state index in [0.717, 1.165) is 18.1 Å². The van der Waals surface area contributed by atoms with Crippen LogP contribution in [0.25, 0.3) is 0 Å². The van der Waals surface area contributed by atoms with E-state index in [1.165, 1.54) is 49.4 Å². The van der Waals surface area contributed by atoms with E-state index in [-0.39, 0.29) is 29.3 Å². The van der Waals surface area contributed by atoms with Gasteiger partial charge in [0.1, 0.15) is 11.6 Å². The van der Waals surface area contributed by atoms with E-state index in [9.17, 15) is 29.0 Å². The van der Waals surface area contributed by atoms with Crippen molar-refractivity contribution in [1.82, 2.24) is 5.43 Å². The molecule has 1 aromatic rings. The van der Waals surface area contributed by atoms with Crippen LogP contribution in [0.5, 0.6) is 0 Å². The first-order chi connectivity index (χ1) is 24.3. The number of allylic oxidation sites excluding steroid dienone is 11. The largest absolute Gasteiger partial charge is 0.505 e. The summed E-state index contributed by atoms with van der Waals surface area (Å²) in [7, 11) is 1.25. The Kier molecular flexibility index (Phi) is 21.6. The maximum atomic E-state index is 13.7. The zero-order valence-electron chi connectivity index (χ0n) is 31.0. The Morgan fingerprint density at radius 1 is 1.16 bits per heavy atom. The lowest BCUT2D eigenvalue weighted by molar-refractivity contribution is -0.132. The van der Waals surface area contributed by atoms with Crippen LogP contribution >= 0.6 is 11.6 Å². The summed E-state index contributed by atoms with van der Waals surface area (Å²) in [6, 6.07) is 4.62. The van der Waals surface area contributed by atoms with E-state index in [1.807, 2.05) is 47.6 Å². The van der Waals surface area contributed by atoms with E-state index in [1.54, 1.807) is 37.3 Å². The number of aliphatic hydroxyl groups excluding tert-OH is 1. The highest BCUT2D eigenvalue weighted by Gasteiger charge is 2.21. The number of carbonyl (C=O) groups excluding carboxylic acids is 2. The average Bonchev–Trinajstić information content (AvgIpc) is 3.24. The first-order valence-corrected chi connectivity index (χ1v) is 17.0. The second-order valence-corrected chi connectivity index (χ2v) is 10.6. The predicted octanol–water partition coefficient (Wildman–Crippen LogP) is 9.93. The second-order valence-electron chi connectivity index (χ2n) is 10.1. The van der Waals surface area contributed by atoms with Crippen molar-refractivity contribution in [2.45, 2.75) is 73.6 Å². The van der Waals surface area contributed by atoms with Crippen molar-refractivity contribution in [1.29, 1.82) is 0 Å². The van der Waals surface area contributed by atoms with Gasteiger partial charge in [-0.3, -0.25) is 15.1 Å². The van der Waals surface area contributed by atoms with Crippen LogP contribution in [0.2, 0.25) is 0 Å². The molecule has 0 aliphatic heterocycles. The number of nitrogens with one attached hydrogen (secondary N) is 1. The molecule has 0 bridgehead atoms. The first-order valence-electron chi connectivity index (χ1n) is 16.5. The zero-order valence-corrected chi connectivity index (χ0v) is 31.8. The Morgan fingerprint density at radius 3 is 2.31 bits per heavy atom. The van der Waals surface area contributed by atoms with Gasteiger partial charge in [-0.2, -0.15) is 5.10 Å². The number of anilines is 1. The van der Waals surface area contributed by atoms with E-state index < -0.39 is 28.7 Å². The lowest BCUT2D eigenvalue weighted by atomic mass is 9.98. The van der Waals surface area contributed by atoms with Crippen LogP contribution in [0, 0.1) is 0 Å². The molecule has 0 saturated heterocycles. The molecule has 3 N–H and O–H groups in total. The van der Waals surface area contributed by atoms with E-state index >= 15 is 0 Å². The quantitative estimate of drug-likeness (QED) is 0.0435. The van der Waals surface area contributed by atoms with Crippen molar-refractivity contribution in [2.24, 2.45) is 5.10 Å². The lowest BCUT2D eigenvalue weighted by Crippen LogP contribution is -2.28. The molecule has 1 unspecified atom stereocenters. The Bertz CT molecular complexity index is 1660. The maximum Gasteiger partial charge on any atom is 0.338 e. The molecule has 276 valence electrons. The Morgan fingerprint density at radius 2 is 1.80 bits per heavy atom. The number of nitrogens with zero attached hydrogens (tertiary/aromatic N) is 2. The Hall–Kier alpha value is -5.22. The minimum atomic E-state index is -1.47. The summed E-state index contributed by atoms with van der Waals surface area (Å²) >= 11 is 6.41. The summed E-state index contributed by atoms with van der Waals surface area (Å²) in [6.07, 6.45) is 15.0. The highest BCUT2D eigenvalue weighted by molar-refractivity contribution is 6.23. The minimum Gasteiger partial charge on any atom is -0.505 e. The van der Waals surface area contributed by atoms with Crippen LogP contribution in [0.1, 0.15) is 84.2 Å². The van der Waals surface area contributed by atoms with Crippen LogP contribution < -0.4 is 10.3 Å². The fraction of sp³-hybridized carbons (Fsp3) is 0.300. The van der Waals surface area contributed by atoms with Gasteiger partial charge in [0.25, 0.3) is 0 Å². The number of methoxy groups -OCH3 is 1. The number of hydrazone groups is 1. The molecule has 0 fully saturated rings. The molecule has 0 saturated carbocycles. The molecular weight excluding hydrogens is 673 g/mol. The second kappa shape index (κ2) is 24.0. The molecule has 0 spiro atoms. The van der Waals surface area contributed by atoms with E-state index in [2.05, 4.69) is 23.7 Å². The Balaban J connectivity index is 0.00000602.